The van der Waals surface area contributed by atoms with E-state index < -0.39 is 23.3 Å². The van der Waals surface area contributed by atoms with Crippen molar-refractivity contribution >= 4 is 17.6 Å². The number of carbonyl (C=O) groups is 2. The van der Waals surface area contributed by atoms with Crippen LogP contribution in [0.4, 0.5) is 13.2 Å². The molecule has 2 aromatic rings. The summed E-state index contributed by atoms with van der Waals surface area (Å²) in [6.07, 6.45) is -3.09. The second-order valence-corrected chi connectivity index (χ2v) is 4.88. The maximum atomic E-state index is 12.5. The van der Waals surface area contributed by atoms with Crippen LogP contribution in [0.25, 0.3) is 6.08 Å². The summed E-state index contributed by atoms with van der Waals surface area (Å²) < 4.78 is 37.5. The predicted octanol–water partition coefficient (Wildman–Crippen LogP) is 4.17. The molecule has 0 heterocycles. The van der Waals surface area contributed by atoms with E-state index in [1.807, 2.05) is 0 Å². The number of Topliss-reactive ketones (excluding diaryl/α,β-unsaturated/α-hetero) is 2. The second-order valence-electron chi connectivity index (χ2n) is 4.88. The third-order valence-corrected chi connectivity index (χ3v) is 3.45. The first-order valence-corrected chi connectivity index (χ1v) is 6.45. The Bertz CT molecular complexity index is 762. The van der Waals surface area contributed by atoms with Gasteiger partial charge in [0, 0.05) is 11.1 Å². The molecule has 3 rings (SSSR count). The monoisotopic (exact) mass is 302 g/mol. The van der Waals surface area contributed by atoms with E-state index in [1.165, 1.54) is 18.2 Å². The Labute approximate surface area is 123 Å². The van der Waals surface area contributed by atoms with Gasteiger partial charge >= 0.3 is 6.18 Å². The molecule has 0 saturated carbocycles. The van der Waals surface area contributed by atoms with E-state index >= 15 is 0 Å². The molecule has 0 atom stereocenters. The lowest BCUT2D eigenvalue weighted by atomic mass is 10.1. The number of alkyl halides is 3. The minimum absolute atomic E-state index is 0.0269. The highest BCUT2D eigenvalue weighted by atomic mass is 19.4. The average molecular weight is 302 g/mol. The molecule has 0 bridgehead atoms. The highest BCUT2D eigenvalue weighted by molar-refractivity contribution is 6.41. The van der Waals surface area contributed by atoms with Crippen molar-refractivity contribution in [2.45, 2.75) is 6.18 Å². The molecule has 0 fully saturated rings. The summed E-state index contributed by atoms with van der Waals surface area (Å²) in [4.78, 5) is 24.3. The summed E-state index contributed by atoms with van der Waals surface area (Å²) in [7, 11) is 0. The van der Waals surface area contributed by atoms with Crippen molar-refractivity contribution in [1.82, 2.24) is 0 Å². The molecule has 0 spiro atoms. The predicted molar refractivity (Wildman–Crippen MR) is 74.5 cm³/mol. The normalized spacial score (nSPS) is 14.2. The van der Waals surface area contributed by atoms with Crippen LogP contribution >= 0.6 is 0 Å². The summed E-state index contributed by atoms with van der Waals surface area (Å²) in [5.41, 5.74) is 0.219. The van der Waals surface area contributed by atoms with Crippen LogP contribution in [0, 0.1) is 0 Å². The Balaban J connectivity index is 1.97. The number of benzene rings is 2. The van der Waals surface area contributed by atoms with Crippen LogP contribution < -0.4 is 0 Å². The molecule has 0 amide bonds. The van der Waals surface area contributed by atoms with Crippen molar-refractivity contribution in [1.29, 1.82) is 0 Å². The van der Waals surface area contributed by atoms with Gasteiger partial charge in [0.2, 0.25) is 0 Å². The molecule has 110 valence electrons. The fraction of sp³-hybridized carbons (Fsp3) is 0.0588. The fourth-order valence-electron chi connectivity index (χ4n) is 2.34. The van der Waals surface area contributed by atoms with Crippen LogP contribution in [0.15, 0.2) is 54.1 Å². The lowest BCUT2D eigenvalue weighted by Crippen LogP contribution is -2.04. The standard InChI is InChI=1S/C17H9F3O2/c18-17(19,20)11-7-5-10(6-8-11)9-14-15(21)12-3-1-2-4-13(12)16(14)22/h1-9H. The number of allylic oxidation sites excluding steroid dienone is 1. The number of halogens is 3. The highest BCUT2D eigenvalue weighted by Gasteiger charge is 2.33. The van der Waals surface area contributed by atoms with E-state index in [1.54, 1.807) is 24.3 Å². The SMILES string of the molecule is O=C1C(=Cc2ccc(C(F)(F)F)cc2)C(=O)c2ccccc21. The van der Waals surface area contributed by atoms with Crippen LogP contribution in [0.1, 0.15) is 31.8 Å². The summed E-state index contributed by atoms with van der Waals surface area (Å²) in [5, 5.41) is 0. The minimum atomic E-state index is -4.42. The third-order valence-electron chi connectivity index (χ3n) is 3.45. The molecule has 0 radical (unpaired) electrons. The Morgan fingerprint density at radius 2 is 1.27 bits per heavy atom. The number of rotatable bonds is 1. The summed E-state index contributed by atoms with van der Waals surface area (Å²) >= 11 is 0. The molecule has 22 heavy (non-hydrogen) atoms. The second kappa shape index (κ2) is 4.94. The first-order valence-electron chi connectivity index (χ1n) is 6.45. The van der Waals surface area contributed by atoms with Gasteiger partial charge in [-0.05, 0) is 23.8 Å². The van der Waals surface area contributed by atoms with Crippen LogP contribution in [0.3, 0.4) is 0 Å². The number of ketones is 2. The molecular weight excluding hydrogens is 293 g/mol. The molecule has 5 heteroatoms. The van der Waals surface area contributed by atoms with E-state index in [0.29, 0.717) is 16.7 Å². The molecule has 0 aliphatic heterocycles. The van der Waals surface area contributed by atoms with E-state index in [2.05, 4.69) is 0 Å². The Morgan fingerprint density at radius 3 is 1.73 bits per heavy atom. The number of carbonyl (C=O) groups excluding carboxylic acids is 2. The molecule has 0 unspecified atom stereocenters. The molecule has 0 saturated heterocycles. The van der Waals surface area contributed by atoms with Crippen molar-refractivity contribution in [3.63, 3.8) is 0 Å². The zero-order chi connectivity index (χ0) is 15.9. The number of hydrogen-bond donors (Lipinski definition) is 0. The highest BCUT2D eigenvalue weighted by Crippen LogP contribution is 2.31. The van der Waals surface area contributed by atoms with Gasteiger partial charge in [-0.15, -0.1) is 0 Å². The number of fused-ring (bicyclic) bond motifs is 1. The third kappa shape index (κ3) is 2.35. The molecular formula is C17H9F3O2. The van der Waals surface area contributed by atoms with Gasteiger partial charge in [0.05, 0.1) is 11.1 Å². The van der Waals surface area contributed by atoms with Crippen LogP contribution in [0.2, 0.25) is 0 Å². The van der Waals surface area contributed by atoms with Gasteiger partial charge in [0.25, 0.3) is 0 Å². The number of hydrogen-bond acceptors (Lipinski definition) is 2. The molecule has 2 nitrogen and oxygen atoms in total. The maximum Gasteiger partial charge on any atom is 0.416 e. The lowest BCUT2D eigenvalue weighted by Gasteiger charge is -2.06. The van der Waals surface area contributed by atoms with Gasteiger partial charge in [0.15, 0.2) is 11.6 Å². The Kier molecular flexibility index (Phi) is 3.20. The molecule has 1 aliphatic carbocycles. The zero-order valence-electron chi connectivity index (χ0n) is 11.1. The van der Waals surface area contributed by atoms with Gasteiger partial charge in [-0.3, -0.25) is 9.59 Å². The summed E-state index contributed by atoms with van der Waals surface area (Å²) in [5.74, 6) is -0.805. The molecule has 0 aromatic heterocycles. The fourth-order valence-corrected chi connectivity index (χ4v) is 2.34. The van der Waals surface area contributed by atoms with Crippen molar-refractivity contribution in [2.24, 2.45) is 0 Å². The minimum Gasteiger partial charge on any atom is -0.288 e. The van der Waals surface area contributed by atoms with Gasteiger partial charge < -0.3 is 0 Å². The van der Waals surface area contributed by atoms with Gasteiger partial charge in [-0.1, -0.05) is 36.4 Å². The van der Waals surface area contributed by atoms with Crippen LogP contribution in [-0.4, -0.2) is 11.6 Å². The first-order chi connectivity index (χ1) is 10.4. The van der Waals surface area contributed by atoms with E-state index in [9.17, 15) is 22.8 Å². The van der Waals surface area contributed by atoms with Crippen LogP contribution in [-0.2, 0) is 6.18 Å². The smallest absolute Gasteiger partial charge is 0.288 e. The van der Waals surface area contributed by atoms with Gasteiger partial charge in [0.1, 0.15) is 0 Å². The first kappa shape index (κ1) is 14.3. The van der Waals surface area contributed by atoms with E-state index in [0.717, 1.165) is 12.1 Å². The Hall–Kier alpha value is -2.69. The van der Waals surface area contributed by atoms with Gasteiger partial charge in [-0.25, -0.2) is 0 Å². The van der Waals surface area contributed by atoms with Crippen molar-refractivity contribution in [3.8, 4) is 0 Å². The van der Waals surface area contributed by atoms with Crippen molar-refractivity contribution in [2.75, 3.05) is 0 Å². The van der Waals surface area contributed by atoms with Crippen molar-refractivity contribution < 1.29 is 22.8 Å². The quantitative estimate of drug-likeness (QED) is 0.585. The topological polar surface area (TPSA) is 34.1 Å². The largest absolute Gasteiger partial charge is 0.416 e. The van der Waals surface area contributed by atoms with Crippen molar-refractivity contribution in [3.05, 3.63) is 76.4 Å². The maximum absolute atomic E-state index is 12.5. The molecule has 1 aliphatic rings. The van der Waals surface area contributed by atoms with Crippen LogP contribution in [0.5, 0.6) is 0 Å². The zero-order valence-corrected chi connectivity index (χ0v) is 11.1. The van der Waals surface area contributed by atoms with Gasteiger partial charge in [-0.2, -0.15) is 13.2 Å². The molecule has 0 N–H and O–H groups in total. The summed E-state index contributed by atoms with van der Waals surface area (Å²) in [6.45, 7) is 0. The Morgan fingerprint density at radius 1 is 0.773 bits per heavy atom. The van der Waals surface area contributed by atoms with E-state index in [4.69, 9.17) is 0 Å². The lowest BCUT2D eigenvalue weighted by molar-refractivity contribution is -0.137. The summed E-state index contributed by atoms with van der Waals surface area (Å²) in [6, 6.07) is 10.7. The van der Waals surface area contributed by atoms with E-state index in [-0.39, 0.29) is 5.57 Å². The average Bonchev–Trinajstić information content (AvgIpc) is 2.73. The molecule has 2 aromatic carbocycles.